The van der Waals surface area contributed by atoms with Crippen molar-refractivity contribution in [1.82, 2.24) is 19.9 Å². The van der Waals surface area contributed by atoms with Gasteiger partial charge in [-0.05, 0) is 49.1 Å². The molecule has 3 aromatic rings. The minimum atomic E-state index is -0.516. The highest BCUT2D eigenvalue weighted by molar-refractivity contribution is 5.95. The minimum Gasteiger partial charge on any atom is -0.452 e. The first kappa shape index (κ1) is 18.2. The zero-order valence-corrected chi connectivity index (χ0v) is 15.7. The van der Waals surface area contributed by atoms with Crippen LogP contribution in [0, 0.1) is 5.92 Å². The predicted octanol–water partition coefficient (Wildman–Crippen LogP) is 3.04. The summed E-state index contributed by atoms with van der Waals surface area (Å²) in [7, 11) is 0. The molecule has 1 aliphatic heterocycles. The SMILES string of the molecule is CC1CCCN(C(=O)COC(=O)c2ccc3nc(-c4cccnc4)[nH]c3c2)C1. The van der Waals surface area contributed by atoms with Crippen molar-refractivity contribution >= 4 is 22.9 Å². The van der Waals surface area contributed by atoms with E-state index in [9.17, 15) is 9.59 Å². The number of nitrogens with zero attached hydrogens (tertiary/aromatic N) is 3. The van der Waals surface area contributed by atoms with Gasteiger partial charge in [0, 0.05) is 31.0 Å². The summed E-state index contributed by atoms with van der Waals surface area (Å²) in [6, 6.07) is 8.86. The number of hydrogen-bond donors (Lipinski definition) is 1. The number of aromatic amines is 1. The quantitative estimate of drug-likeness (QED) is 0.705. The van der Waals surface area contributed by atoms with Crippen LogP contribution in [0.25, 0.3) is 22.4 Å². The van der Waals surface area contributed by atoms with E-state index in [1.807, 2.05) is 12.1 Å². The molecular weight excluding hydrogens is 356 g/mol. The monoisotopic (exact) mass is 378 g/mol. The zero-order chi connectivity index (χ0) is 19.5. The fourth-order valence-electron chi connectivity index (χ4n) is 3.49. The highest BCUT2D eigenvalue weighted by Crippen LogP contribution is 2.21. The van der Waals surface area contributed by atoms with Crippen molar-refractivity contribution in [3.05, 3.63) is 48.3 Å². The Balaban J connectivity index is 1.43. The Labute approximate surface area is 162 Å². The number of aromatic nitrogens is 3. The molecule has 28 heavy (non-hydrogen) atoms. The average molecular weight is 378 g/mol. The van der Waals surface area contributed by atoms with Gasteiger partial charge in [-0.2, -0.15) is 0 Å². The van der Waals surface area contributed by atoms with Crippen LogP contribution in [0.1, 0.15) is 30.1 Å². The van der Waals surface area contributed by atoms with Gasteiger partial charge in [0.05, 0.1) is 16.6 Å². The Morgan fingerprint density at radius 1 is 1.32 bits per heavy atom. The van der Waals surface area contributed by atoms with Crippen LogP contribution in [-0.2, 0) is 9.53 Å². The Bertz CT molecular complexity index is 999. The molecule has 1 fully saturated rings. The molecule has 7 nitrogen and oxygen atoms in total. The summed E-state index contributed by atoms with van der Waals surface area (Å²) in [6.45, 7) is 3.36. The summed E-state index contributed by atoms with van der Waals surface area (Å²) < 4.78 is 5.24. The summed E-state index contributed by atoms with van der Waals surface area (Å²) >= 11 is 0. The summed E-state index contributed by atoms with van der Waals surface area (Å²) in [4.78, 5) is 38.2. The van der Waals surface area contributed by atoms with Crippen molar-refractivity contribution in [3.8, 4) is 11.4 Å². The molecule has 3 heterocycles. The van der Waals surface area contributed by atoms with Crippen molar-refractivity contribution in [2.24, 2.45) is 5.92 Å². The van der Waals surface area contributed by atoms with Crippen LogP contribution in [0.5, 0.6) is 0 Å². The van der Waals surface area contributed by atoms with Crippen LogP contribution in [0.4, 0.5) is 0 Å². The molecule has 1 aliphatic rings. The summed E-state index contributed by atoms with van der Waals surface area (Å²) in [5, 5.41) is 0. The fourth-order valence-corrected chi connectivity index (χ4v) is 3.49. The molecule has 1 unspecified atom stereocenters. The second kappa shape index (κ2) is 7.80. The number of amides is 1. The molecule has 0 spiro atoms. The Hall–Kier alpha value is -3.22. The molecule has 1 amide bonds. The van der Waals surface area contributed by atoms with Gasteiger partial charge in [-0.25, -0.2) is 9.78 Å². The normalized spacial score (nSPS) is 16.9. The number of esters is 1. The van der Waals surface area contributed by atoms with E-state index in [0.717, 1.165) is 42.5 Å². The third-order valence-corrected chi connectivity index (χ3v) is 4.99. The van der Waals surface area contributed by atoms with Crippen molar-refractivity contribution in [2.45, 2.75) is 19.8 Å². The number of carbonyl (C=O) groups excluding carboxylic acids is 2. The number of hydrogen-bond acceptors (Lipinski definition) is 5. The fraction of sp³-hybridized carbons (Fsp3) is 0.333. The smallest absolute Gasteiger partial charge is 0.338 e. The molecule has 2 aromatic heterocycles. The van der Waals surface area contributed by atoms with Crippen LogP contribution in [0.3, 0.4) is 0 Å². The maximum Gasteiger partial charge on any atom is 0.338 e. The lowest BCUT2D eigenvalue weighted by atomic mass is 10.0. The summed E-state index contributed by atoms with van der Waals surface area (Å²) in [6.07, 6.45) is 5.55. The first-order valence-corrected chi connectivity index (χ1v) is 9.45. The number of carbonyl (C=O) groups is 2. The number of nitrogens with one attached hydrogen (secondary N) is 1. The first-order chi connectivity index (χ1) is 13.6. The number of fused-ring (bicyclic) bond motifs is 1. The van der Waals surface area contributed by atoms with E-state index in [2.05, 4.69) is 21.9 Å². The molecule has 0 radical (unpaired) electrons. The Morgan fingerprint density at radius 3 is 3.00 bits per heavy atom. The van der Waals surface area contributed by atoms with Crippen molar-refractivity contribution < 1.29 is 14.3 Å². The molecule has 4 rings (SSSR count). The van der Waals surface area contributed by atoms with E-state index < -0.39 is 5.97 Å². The molecule has 7 heteroatoms. The van der Waals surface area contributed by atoms with Gasteiger partial charge in [0.15, 0.2) is 6.61 Å². The maximum atomic E-state index is 12.4. The molecular formula is C21H22N4O3. The number of ether oxygens (including phenoxy) is 1. The van der Waals surface area contributed by atoms with Gasteiger partial charge in [-0.1, -0.05) is 6.92 Å². The van der Waals surface area contributed by atoms with Gasteiger partial charge in [0.2, 0.25) is 0 Å². The Kier molecular flexibility index (Phi) is 5.06. The van der Waals surface area contributed by atoms with Gasteiger partial charge >= 0.3 is 5.97 Å². The van der Waals surface area contributed by atoms with E-state index in [-0.39, 0.29) is 12.5 Å². The van der Waals surface area contributed by atoms with Crippen LogP contribution in [0.15, 0.2) is 42.7 Å². The average Bonchev–Trinajstić information content (AvgIpc) is 3.16. The summed E-state index contributed by atoms with van der Waals surface area (Å²) in [5.41, 5.74) is 2.72. The van der Waals surface area contributed by atoms with E-state index in [1.54, 1.807) is 35.5 Å². The predicted molar refractivity (Wildman–Crippen MR) is 105 cm³/mol. The van der Waals surface area contributed by atoms with Crippen LogP contribution in [0.2, 0.25) is 0 Å². The van der Waals surface area contributed by atoms with Crippen LogP contribution in [-0.4, -0.2) is 51.4 Å². The third-order valence-electron chi connectivity index (χ3n) is 4.99. The Morgan fingerprint density at radius 2 is 2.21 bits per heavy atom. The minimum absolute atomic E-state index is 0.138. The van der Waals surface area contributed by atoms with Gasteiger partial charge in [-0.15, -0.1) is 0 Å². The number of H-pyrrole nitrogens is 1. The van der Waals surface area contributed by atoms with Crippen LogP contribution < -0.4 is 0 Å². The number of benzene rings is 1. The van der Waals surface area contributed by atoms with Gasteiger partial charge in [-0.3, -0.25) is 9.78 Å². The first-order valence-electron chi connectivity index (χ1n) is 9.45. The molecule has 1 N–H and O–H groups in total. The molecule has 0 saturated carbocycles. The van der Waals surface area contributed by atoms with Gasteiger partial charge in [0.1, 0.15) is 5.82 Å². The standard InChI is InChI=1S/C21H22N4O3/c1-14-4-3-9-25(12-14)19(26)13-28-21(27)15-6-7-17-18(10-15)24-20(23-17)16-5-2-8-22-11-16/h2,5-8,10-11,14H,3-4,9,12-13H2,1H3,(H,23,24). The van der Waals surface area contributed by atoms with E-state index in [1.165, 1.54) is 0 Å². The molecule has 1 aromatic carbocycles. The van der Waals surface area contributed by atoms with Crippen molar-refractivity contribution in [2.75, 3.05) is 19.7 Å². The number of imidazole rings is 1. The lowest BCUT2D eigenvalue weighted by Gasteiger charge is -2.30. The maximum absolute atomic E-state index is 12.4. The largest absolute Gasteiger partial charge is 0.452 e. The number of pyridine rings is 1. The summed E-state index contributed by atoms with van der Waals surface area (Å²) in [5.74, 6) is 0.521. The highest BCUT2D eigenvalue weighted by atomic mass is 16.5. The van der Waals surface area contributed by atoms with Crippen molar-refractivity contribution in [1.29, 1.82) is 0 Å². The van der Waals surface area contributed by atoms with Crippen molar-refractivity contribution in [3.63, 3.8) is 0 Å². The van der Waals surface area contributed by atoms with E-state index in [0.29, 0.717) is 17.3 Å². The second-order valence-electron chi connectivity index (χ2n) is 7.22. The third kappa shape index (κ3) is 3.88. The molecule has 1 saturated heterocycles. The zero-order valence-electron chi connectivity index (χ0n) is 15.7. The number of likely N-dealkylation sites (tertiary alicyclic amines) is 1. The lowest BCUT2D eigenvalue weighted by molar-refractivity contribution is -0.136. The molecule has 144 valence electrons. The number of piperidine rings is 1. The van der Waals surface area contributed by atoms with E-state index in [4.69, 9.17) is 4.74 Å². The lowest BCUT2D eigenvalue weighted by Crippen LogP contribution is -2.41. The highest BCUT2D eigenvalue weighted by Gasteiger charge is 2.22. The molecule has 0 aliphatic carbocycles. The van der Waals surface area contributed by atoms with Gasteiger partial charge < -0.3 is 14.6 Å². The topological polar surface area (TPSA) is 88.2 Å². The van der Waals surface area contributed by atoms with Gasteiger partial charge in [0.25, 0.3) is 5.91 Å². The number of rotatable bonds is 4. The van der Waals surface area contributed by atoms with E-state index >= 15 is 0 Å². The molecule has 0 bridgehead atoms. The molecule has 1 atom stereocenters. The van der Waals surface area contributed by atoms with Crippen LogP contribution >= 0.6 is 0 Å². The second-order valence-corrected chi connectivity index (χ2v) is 7.22.